The number of rotatable bonds is 5. The van der Waals surface area contributed by atoms with Crippen molar-refractivity contribution in [3.05, 3.63) is 59.9 Å². The Balaban J connectivity index is 1.35. The zero-order valence-electron chi connectivity index (χ0n) is 25.5. The van der Waals surface area contributed by atoms with Crippen molar-refractivity contribution in [1.82, 2.24) is 25.1 Å². The molecule has 2 aliphatic heterocycles. The molecule has 11 nitrogen and oxygen atoms in total. The van der Waals surface area contributed by atoms with Crippen LogP contribution >= 0.6 is 0 Å². The molecule has 12 heteroatoms. The molecule has 45 heavy (non-hydrogen) atoms. The Morgan fingerprint density at radius 1 is 1.13 bits per heavy atom. The minimum Gasteiger partial charge on any atom is -0.496 e. The summed E-state index contributed by atoms with van der Waals surface area (Å²) in [6.07, 6.45) is 6.03. The highest BCUT2D eigenvalue weighted by Crippen LogP contribution is 2.45. The third kappa shape index (κ3) is 5.76. The number of allylic oxidation sites excluding steroid dienone is 1. The first-order valence-electron chi connectivity index (χ1n) is 15.1. The molecule has 3 heterocycles. The summed E-state index contributed by atoms with van der Waals surface area (Å²) in [6.45, 7) is 2.48. The lowest BCUT2D eigenvalue weighted by Gasteiger charge is -2.29. The fourth-order valence-corrected chi connectivity index (χ4v) is 6.28. The van der Waals surface area contributed by atoms with Gasteiger partial charge in [0.1, 0.15) is 29.3 Å². The quantitative estimate of drug-likeness (QED) is 0.405. The SMILES string of the molecule is COc1ccc2c(O[C@@H]3C[C@H]4C(=O)NC5(C(=O)O)C[C@H]5C=CCCCCN(C)C(=O)N4C3)nc(-c3ccc(F)cc3)nc2c1C. The van der Waals surface area contributed by atoms with Gasteiger partial charge in [-0.1, -0.05) is 12.2 Å². The molecule has 3 aromatic rings. The molecule has 1 saturated heterocycles. The Labute approximate surface area is 260 Å². The molecule has 1 unspecified atom stereocenters. The third-order valence-corrected chi connectivity index (χ3v) is 9.00. The van der Waals surface area contributed by atoms with Crippen molar-refractivity contribution in [1.29, 1.82) is 0 Å². The standard InChI is InChI=1S/C33H36FN5O6/c1-19-26(44-3)14-13-24-27(19)35-28(20-9-11-22(34)12-10-20)36-30(24)45-23-16-25-29(40)37-33(31(41)42)17-21(33)8-6-4-5-7-15-38(2)32(43)39(25)18-23/h6,8-14,21,23,25H,4-5,7,15-18H2,1-3H3,(H,37,40)(H,41,42)/t21-,23-,25+,33?/m1/s1. The summed E-state index contributed by atoms with van der Waals surface area (Å²) in [5.41, 5.74) is 0.537. The maximum atomic E-state index is 13.7. The largest absolute Gasteiger partial charge is 0.496 e. The van der Waals surface area contributed by atoms with Crippen LogP contribution in [0.15, 0.2) is 48.6 Å². The Morgan fingerprint density at radius 3 is 2.64 bits per heavy atom. The zero-order chi connectivity index (χ0) is 31.9. The van der Waals surface area contributed by atoms with Gasteiger partial charge in [-0.3, -0.25) is 4.79 Å². The van der Waals surface area contributed by atoms with E-state index in [9.17, 15) is 23.9 Å². The molecule has 236 valence electrons. The average molecular weight is 618 g/mol. The summed E-state index contributed by atoms with van der Waals surface area (Å²) in [6, 6.07) is 8.13. The molecule has 2 N–H and O–H groups in total. The first-order valence-corrected chi connectivity index (χ1v) is 15.1. The molecule has 2 fully saturated rings. The number of carboxylic acid groups (broad SMARTS) is 1. The van der Waals surface area contributed by atoms with Crippen LogP contribution in [0.1, 0.15) is 37.7 Å². The number of amides is 3. The lowest BCUT2D eigenvalue weighted by Crippen LogP contribution is -2.54. The topological polar surface area (TPSA) is 134 Å². The van der Waals surface area contributed by atoms with Gasteiger partial charge in [0.2, 0.25) is 11.8 Å². The van der Waals surface area contributed by atoms with Crippen molar-refractivity contribution in [2.24, 2.45) is 5.92 Å². The summed E-state index contributed by atoms with van der Waals surface area (Å²) < 4.78 is 25.7. The minimum atomic E-state index is -1.39. The number of urea groups is 1. The second-order valence-corrected chi connectivity index (χ2v) is 12.0. The summed E-state index contributed by atoms with van der Waals surface area (Å²) in [4.78, 5) is 52.2. The van der Waals surface area contributed by atoms with Gasteiger partial charge in [-0.25, -0.2) is 19.0 Å². The summed E-state index contributed by atoms with van der Waals surface area (Å²) in [5.74, 6) is -1.13. The number of nitrogens with zero attached hydrogens (tertiary/aromatic N) is 4. The van der Waals surface area contributed by atoms with Gasteiger partial charge in [0.05, 0.1) is 24.6 Å². The number of halogens is 1. The smallest absolute Gasteiger partial charge is 0.330 e. The van der Waals surface area contributed by atoms with Crippen LogP contribution in [0.5, 0.6) is 11.6 Å². The highest BCUT2D eigenvalue weighted by Gasteiger charge is 2.61. The molecule has 4 atom stereocenters. The van der Waals surface area contributed by atoms with Crippen LogP contribution in [-0.4, -0.2) is 87.7 Å². The van der Waals surface area contributed by atoms with Crippen LogP contribution < -0.4 is 14.8 Å². The summed E-state index contributed by atoms with van der Waals surface area (Å²) >= 11 is 0. The Kier molecular flexibility index (Phi) is 8.07. The first-order chi connectivity index (χ1) is 21.6. The molecule has 0 bridgehead atoms. The number of methoxy groups -OCH3 is 1. The van der Waals surface area contributed by atoms with Gasteiger partial charge in [0, 0.05) is 37.1 Å². The van der Waals surface area contributed by atoms with E-state index in [1.165, 1.54) is 17.0 Å². The van der Waals surface area contributed by atoms with E-state index in [1.54, 1.807) is 43.3 Å². The fraction of sp³-hybridized carbons (Fsp3) is 0.424. The highest BCUT2D eigenvalue weighted by atomic mass is 19.1. The van der Waals surface area contributed by atoms with E-state index < -0.39 is 35.4 Å². The third-order valence-electron chi connectivity index (χ3n) is 9.00. The molecule has 3 amide bonds. The van der Waals surface area contributed by atoms with Gasteiger partial charge in [0.25, 0.3) is 0 Å². The lowest BCUT2D eigenvalue weighted by atomic mass is 10.1. The van der Waals surface area contributed by atoms with E-state index in [2.05, 4.69) is 5.32 Å². The van der Waals surface area contributed by atoms with Gasteiger partial charge in [0.15, 0.2) is 5.82 Å². The molecular formula is C33H36FN5O6. The molecule has 6 rings (SSSR count). The number of aliphatic carboxylic acids is 1. The lowest BCUT2D eigenvalue weighted by molar-refractivity contribution is -0.144. The van der Waals surface area contributed by atoms with Crippen LogP contribution in [0.3, 0.4) is 0 Å². The first kappa shape index (κ1) is 30.3. The predicted octanol–water partition coefficient (Wildman–Crippen LogP) is 4.33. The maximum Gasteiger partial charge on any atom is 0.330 e. The van der Waals surface area contributed by atoms with Gasteiger partial charge >= 0.3 is 12.0 Å². The Hall–Kier alpha value is -4.74. The monoisotopic (exact) mass is 617 g/mol. The van der Waals surface area contributed by atoms with E-state index in [0.29, 0.717) is 41.0 Å². The molecular weight excluding hydrogens is 581 g/mol. The van der Waals surface area contributed by atoms with E-state index in [1.807, 2.05) is 19.1 Å². The second kappa shape index (κ2) is 12.0. The summed E-state index contributed by atoms with van der Waals surface area (Å²) in [7, 11) is 3.27. The zero-order valence-corrected chi connectivity index (χ0v) is 25.5. The minimum absolute atomic E-state index is 0.0944. The van der Waals surface area contributed by atoms with Gasteiger partial charge in [-0.2, -0.15) is 4.98 Å². The van der Waals surface area contributed by atoms with E-state index in [0.717, 1.165) is 24.8 Å². The van der Waals surface area contributed by atoms with Crippen LogP contribution in [0.25, 0.3) is 22.3 Å². The normalized spacial score (nSPS) is 25.3. The number of aromatic nitrogens is 2. The van der Waals surface area contributed by atoms with Gasteiger partial charge in [-0.15, -0.1) is 0 Å². The molecule has 1 saturated carbocycles. The number of carbonyl (C=O) groups excluding carboxylic acids is 2. The van der Waals surface area contributed by atoms with Gasteiger partial charge < -0.3 is 29.7 Å². The highest BCUT2D eigenvalue weighted by molar-refractivity contribution is 5.95. The van der Waals surface area contributed by atoms with E-state index in [4.69, 9.17) is 19.4 Å². The van der Waals surface area contributed by atoms with Crippen molar-refractivity contribution in [3.63, 3.8) is 0 Å². The second-order valence-electron chi connectivity index (χ2n) is 12.0. The summed E-state index contributed by atoms with van der Waals surface area (Å²) in [5, 5.41) is 13.4. The fourth-order valence-electron chi connectivity index (χ4n) is 6.28. The Morgan fingerprint density at radius 2 is 1.91 bits per heavy atom. The number of benzene rings is 2. The number of carboxylic acids is 1. The molecule has 3 aliphatic rings. The van der Waals surface area contributed by atoms with Crippen LogP contribution in [-0.2, 0) is 9.59 Å². The van der Waals surface area contributed by atoms with Crippen LogP contribution in [0, 0.1) is 18.7 Å². The number of nitrogens with one attached hydrogen (secondary N) is 1. The number of carbonyl (C=O) groups is 3. The molecule has 0 spiro atoms. The number of hydrogen-bond donors (Lipinski definition) is 2. The Bertz CT molecular complexity index is 1680. The molecule has 1 aromatic heterocycles. The van der Waals surface area contributed by atoms with Crippen molar-refractivity contribution >= 4 is 28.8 Å². The molecule has 0 radical (unpaired) electrons. The number of ether oxygens (including phenoxy) is 2. The number of fused-ring (bicyclic) bond motifs is 3. The molecule has 1 aliphatic carbocycles. The van der Waals surface area contributed by atoms with Gasteiger partial charge in [-0.05, 0) is 69.0 Å². The van der Waals surface area contributed by atoms with Crippen molar-refractivity contribution in [3.8, 4) is 23.0 Å². The maximum absolute atomic E-state index is 13.7. The van der Waals surface area contributed by atoms with E-state index >= 15 is 0 Å². The van der Waals surface area contributed by atoms with Crippen molar-refractivity contribution < 1.29 is 33.4 Å². The number of aryl methyl sites for hydroxylation is 1. The van der Waals surface area contributed by atoms with Crippen LogP contribution in [0.2, 0.25) is 0 Å². The predicted molar refractivity (Wildman–Crippen MR) is 163 cm³/mol. The van der Waals surface area contributed by atoms with Crippen molar-refractivity contribution in [2.45, 2.75) is 56.7 Å². The van der Waals surface area contributed by atoms with E-state index in [-0.39, 0.29) is 30.8 Å². The molecule has 2 aromatic carbocycles. The van der Waals surface area contributed by atoms with Crippen molar-refractivity contribution in [2.75, 3.05) is 27.2 Å². The van der Waals surface area contributed by atoms with Crippen LogP contribution in [0.4, 0.5) is 9.18 Å². The average Bonchev–Trinajstić information content (AvgIpc) is 3.56. The number of hydrogen-bond acceptors (Lipinski definition) is 7.